The number of carbonyl (C=O) groups is 1. The standard InChI is InChI=1S/C20H22N8O2S/c1-30-10-16-25-19(31-27-16)26-20(29)28-8-11-4-14(5-12(11)9-28)24-17-13(6-21)7-23-18-15(17)2-3-22-18/h2-3,7,11-12,14H,4-5,8-10H2,1H3,(H2,22,23,24)(H,25,26,27,29)/t11-,12+,14+. The number of rotatable bonds is 5. The Morgan fingerprint density at radius 1 is 1.42 bits per heavy atom. The summed E-state index contributed by atoms with van der Waals surface area (Å²) in [6.45, 7) is 1.77. The number of carbonyl (C=O) groups excluding carboxylic acids is 1. The lowest BCUT2D eigenvalue weighted by Crippen LogP contribution is -2.34. The van der Waals surface area contributed by atoms with Crippen LogP contribution in [0, 0.1) is 23.2 Å². The third kappa shape index (κ3) is 3.80. The lowest BCUT2D eigenvalue weighted by atomic mass is 10.0. The maximum absolute atomic E-state index is 12.6. The zero-order valence-electron chi connectivity index (χ0n) is 17.0. The molecule has 1 saturated heterocycles. The van der Waals surface area contributed by atoms with Gasteiger partial charge in [-0.25, -0.2) is 14.8 Å². The molecule has 0 spiro atoms. The van der Waals surface area contributed by atoms with Gasteiger partial charge in [-0.05, 0) is 30.7 Å². The topological polar surface area (TPSA) is 132 Å². The number of likely N-dealkylation sites (tertiary alicyclic amines) is 1. The van der Waals surface area contributed by atoms with Crippen LogP contribution in [-0.4, -0.2) is 56.5 Å². The molecule has 3 aromatic rings. The van der Waals surface area contributed by atoms with E-state index >= 15 is 0 Å². The number of nitrogens with one attached hydrogen (secondary N) is 3. The molecule has 3 aromatic heterocycles. The maximum Gasteiger partial charge on any atom is 0.323 e. The number of aromatic amines is 1. The second kappa shape index (κ2) is 8.13. The molecule has 0 aromatic carbocycles. The monoisotopic (exact) mass is 438 g/mol. The van der Waals surface area contributed by atoms with Gasteiger partial charge < -0.3 is 19.9 Å². The van der Waals surface area contributed by atoms with Gasteiger partial charge in [-0.2, -0.15) is 9.64 Å². The highest BCUT2D eigenvalue weighted by atomic mass is 32.1. The van der Waals surface area contributed by atoms with Gasteiger partial charge in [-0.3, -0.25) is 5.32 Å². The smallest absolute Gasteiger partial charge is 0.323 e. The van der Waals surface area contributed by atoms with Crippen LogP contribution in [0.4, 0.5) is 15.6 Å². The number of pyridine rings is 1. The first-order valence-corrected chi connectivity index (χ1v) is 10.9. The van der Waals surface area contributed by atoms with E-state index in [1.807, 2.05) is 17.2 Å². The first kappa shape index (κ1) is 19.7. The average molecular weight is 439 g/mol. The van der Waals surface area contributed by atoms with Gasteiger partial charge in [-0.15, -0.1) is 0 Å². The Balaban J connectivity index is 1.20. The Hall–Kier alpha value is -3.23. The number of aromatic nitrogens is 4. The van der Waals surface area contributed by atoms with E-state index in [1.54, 1.807) is 13.3 Å². The summed E-state index contributed by atoms with van der Waals surface area (Å²) < 4.78 is 9.17. The molecular formula is C20H22N8O2S. The van der Waals surface area contributed by atoms with Gasteiger partial charge in [0.2, 0.25) is 5.13 Å². The second-order valence-electron chi connectivity index (χ2n) is 8.02. The number of nitrogens with zero attached hydrogens (tertiary/aromatic N) is 5. The fraction of sp³-hybridized carbons (Fsp3) is 0.450. The number of fused-ring (bicyclic) bond motifs is 2. The van der Waals surface area contributed by atoms with E-state index in [0.717, 1.165) is 54.2 Å². The highest BCUT2D eigenvalue weighted by molar-refractivity contribution is 7.09. The van der Waals surface area contributed by atoms with Crippen LogP contribution in [0.3, 0.4) is 0 Å². The molecule has 0 bridgehead atoms. The van der Waals surface area contributed by atoms with Crippen molar-refractivity contribution < 1.29 is 9.53 Å². The molecule has 3 atom stereocenters. The molecule has 1 saturated carbocycles. The van der Waals surface area contributed by atoms with Crippen molar-refractivity contribution in [2.24, 2.45) is 11.8 Å². The Kier molecular flexibility index (Phi) is 5.17. The van der Waals surface area contributed by atoms with Crippen LogP contribution in [-0.2, 0) is 11.3 Å². The molecule has 0 radical (unpaired) electrons. The average Bonchev–Trinajstić information content (AvgIpc) is 3.52. The van der Waals surface area contributed by atoms with Crippen LogP contribution >= 0.6 is 11.5 Å². The van der Waals surface area contributed by atoms with E-state index in [4.69, 9.17) is 4.74 Å². The molecule has 11 heteroatoms. The number of amides is 2. The Morgan fingerprint density at radius 3 is 2.97 bits per heavy atom. The summed E-state index contributed by atoms with van der Waals surface area (Å²) in [5.41, 5.74) is 2.17. The van der Waals surface area contributed by atoms with E-state index in [1.165, 1.54) is 0 Å². The number of hydrogen-bond donors (Lipinski definition) is 3. The van der Waals surface area contributed by atoms with Crippen LogP contribution in [0.5, 0.6) is 0 Å². The number of methoxy groups -OCH3 is 1. The van der Waals surface area contributed by atoms with E-state index in [2.05, 4.69) is 36.0 Å². The molecular weight excluding hydrogens is 416 g/mol. The number of nitriles is 1. The van der Waals surface area contributed by atoms with E-state index in [9.17, 15) is 10.1 Å². The van der Waals surface area contributed by atoms with Gasteiger partial charge in [0.05, 0.1) is 11.3 Å². The molecule has 3 N–H and O–H groups in total. The fourth-order valence-corrected chi connectivity index (χ4v) is 5.26. The number of ether oxygens (including phenoxy) is 1. The van der Waals surface area contributed by atoms with Crippen molar-refractivity contribution in [1.82, 2.24) is 24.2 Å². The molecule has 2 amide bonds. The minimum Gasteiger partial charge on any atom is -0.381 e. The Bertz CT molecular complexity index is 1140. The SMILES string of the molecule is COCc1nsc(NC(=O)N2C[C@H]3C[C@H](Nc4c(C#N)cnc5[nH]ccc45)C[C@H]3C2)n1. The minimum atomic E-state index is -0.131. The van der Waals surface area contributed by atoms with E-state index in [-0.39, 0.29) is 12.1 Å². The van der Waals surface area contributed by atoms with Gasteiger partial charge in [0, 0.05) is 55.6 Å². The van der Waals surface area contributed by atoms with Crippen LogP contribution in [0.2, 0.25) is 0 Å². The predicted octanol–water partition coefficient (Wildman–Crippen LogP) is 2.79. The van der Waals surface area contributed by atoms with Crippen molar-refractivity contribution in [2.75, 3.05) is 30.8 Å². The van der Waals surface area contributed by atoms with E-state index < -0.39 is 0 Å². The predicted molar refractivity (Wildman–Crippen MR) is 116 cm³/mol. The summed E-state index contributed by atoms with van der Waals surface area (Å²) in [5, 5.41) is 17.4. The first-order valence-electron chi connectivity index (χ1n) is 10.1. The lowest BCUT2D eigenvalue weighted by molar-refractivity contribution is 0.179. The van der Waals surface area contributed by atoms with Gasteiger partial charge in [0.1, 0.15) is 18.3 Å². The quantitative estimate of drug-likeness (QED) is 0.558. The zero-order chi connectivity index (χ0) is 21.4. The highest BCUT2D eigenvalue weighted by Crippen LogP contribution is 2.40. The van der Waals surface area contributed by atoms with Crippen LogP contribution in [0.15, 0.2) is 18.5 Å². The molecule has 0 unspecified atom stereocenters. The van der Waals surface area contributed by atoms with Crippen molar-refractivity contribution >= 4 is 39.4 Å². The summed E-state index contributed by atoms with van der Waals surface area (Å²) in [6.07, 6.45) is 5.36. The maximum atomic E-state index is 12.6. The third-order valence-corrected chi connectivity index (χ3v) is 6.72. The van der Waals surface area contributed by atoms with Crippen LogP contribution in [0.25, 0.3) is 11.0 Å². The van der Waals surface area contributed by atoms with Gasteiger partial charge in [-0.1, -0.05) is 0 Å². The lowest BCUT2D eigenvalue weighted by Gasteiger charge is -2.21. The summed E-state index contributed by atoms with van der Waals surface area (Å²) in [4.78, 5) is 26.2. The van der Waals surface area contributed by atoms with Crippen LogP contribution < -0.4 is 10.6 Å². The summed E-state index contributed by atoms with van der Waals surface area (Å²) in [6, 6.07) is 4.32. The molecule has 31 heavy (non-hydrogen) atoms. The van der Waals surface area contributed by atoms with Crippen LogP contribution in [0.1, 0.15) is 24.2 Å². The molecule has 5 rings (SSSR count). The molecule has 2 aliphatic rings. The van der Waals surface area contributed by atoms with Crippen molar-refractivity contribution in [1.29, 1.82) is 5.26 Å². The van der Waals surface area contributed by atoms with Crippen molar-refractivity contribution in [3.05, 3.63) is 29.8 Å². The molecule has 1 aliphatic carbocycles. The minimum absolute atomic E-state index is 0.131. The number of hydrogen-bond acceptors (Lipinski definition) is 8. The highest BCUT2D eigenvalue weighted by Gasteiger charge is 2.42. The molecule has 10 nitrogen and oxygen atoms in total. The fourth-order valence-electron chi connectivity index (χ4n) is 4.70. The number of H-pyrrole nitrogens is 1. The summed E-state index contributed by atoms with van der Waals surface area (Å²) in [5.74, 6) is 1.45. The Labute approximate surface area is 182 Å². The summed E-state index contributed by atoms with van der Waals surface area (Å²) >= 11 is 1.16. The number of anilines is 2. The number of urea groups is 1. The van der Waals surface area contributed by atoms with Gasteiger partial charge in [0.15, 0.2) is 5.82 Å². The molecule has 2 fully saturated rings. The van der Waals surface area contributed by atoms with E-state index in [0.29, 0.717) is 35.0 Å². The molecule has 4 heterocycles. The molecule has 160 valence electrons. The zero-order valence-corrected chi connectivity index (χ0v) is 17.8. The first-order chi connectivity index (χ1) is 15.1. The second-order valence-corrected chi connectivity index (χ2v) is 8.77. The largest absolute Gasteiger partial charge is 0.381 e. The Morgan fingerprint density at radius 2 is 2.23 bits per heavy atom. The normalized spacial score (nSPS) is 22.5. The van der Waals surface area contributed by atoms with Gasteiger partial charge in [0.25, 0.3) is 0 Å². The van der Waals surface area contributed by atoms with Crippen molar-refractivity contribution in [3.63, 3.8) is 0 Å². The van der Waals surface area contributed by atoms with Gasteiger partial charge >= 0.3 is 6.03 Å². The summed E-state index contributed by atoms with van der Waals surface area (Å²) in [7, 11) is 1.58. The van der Waals surface area contributed by atoms with Crippen molar-refractivity contribution in [3.8, 4) is 6.07 Å². The van der Waals surface area contributed by atoms with Crippen molar-refractivity contribution in [2.45, 2.75) is 25.5 Å². The molecule has 1 aliphatic heterocycles. The third-order valence-electron chi connectivity index (χ3n) is 6.05.